The summed E-state index contributed by atoms with van der Waals surface area (Å²) < 4.78 is 25.1. The van der Waals surface area contributed by atoms with E-state index in [4.69, 9.17) is 9.26 Å². The number of benzene rings is 2. The van der Waals surface area contributed by atoms with E-state index in [2.05, 4.69) is 24.8 Å². The Hall–Kier alpha value is -3.30. The molecule has 0 saturated heterocycles. The average Bonchev–Trinajstić information content (AvgIpc) is 3.23. The molecule has 9 heteroatoms. The molecule has 0 spiro atoms. The van der Waals surface area contributed by atoms with Gasteiger partial charge in [-0.05, 0) is 39.9 Å². The lowest BCUT2D eigenvalue weighted by atomic mass is 9.87. The van der Waals surface area contributed by atoms with Gasteiger partial charge < -0.3 is 14.2 Å². The Bertz CT molecular complexity index is 1320. The number of nitrogens with one attached hydrogen (secondary N) is 1. The van der Waals surface area contributed by atoms with Crippen LogP contribution in [0.15, 0.2) is 51.8 Å². The number of Topliss-reactive ketones (excluding diaryl/α,β-unsaturated/α-hetero) is 1. The monoisotopic (exact) mass is 496 g/mol. The zero-order chi connectivity index (χ0) is 25.3. The molecule has 1 amide bonds. The van der Waals surface area contributed by atoms with E-state index in [-0.39, 0.29) is 30.3 Å². The van der Waals surface area contributed by atoms with Gasteiger partial charge in [0, 0.05) is 20.1 Å². The second-order valence-electron chi connectivity index (χ2n) is 9.90. The molecule has 184 valence electrons. The molecule has 0 unspecified atom stereocenters. The fraction of sp³-hybridized carbons (Fsp3) is 0.346. The maximum Gasteiger partial charge on any atom is 0.293 e. The molecule has 4 rings (SSSR count). The summed E-state index contributed by atoms with van der Waals surface area (Å²) in [4.78, 5) is 39.8. The summed E-state index contributed by atoms with van der Waals surface area (Å²) >= 11 is 0. The van der Waals surface area contributed by atoms with E-state index >= 15 is 0 Å². The lowest BCUT2D eigenvalue weighted by molar-refractivity contribution is -0.123. The zero-order valence-electron chi connectivity index (χ0n) is 20.3. The van der Waals surface area contributed by atoms with E-state index in [9.17, 15) is 18.8 Å². The second-order valence-corrected chi connectivity index (χ2v) is 14.9. The highest BCUT2D eigenvalue weighted by atomic mass is 28.3. The number of carbonyl (C=O) groups excluding carboxylic acids is 2. The van der Waals surface area contributed by atoms with Crippen LogP contribution in [0.5, 0.6) is 0 Å². The summed E-state index contributed by atoms with van der Waals surface area (Å²) in [5.41, 5.74) is 2.66. The summed E-state index contributed by atoms with van der Waals surface area (Å²) in [5, 5.41) is 2.83. The van der Waals surface area contributed by atoms with Crippen LogP contribution in [-0.4, -0.2) is 43.5 Å². The number of hydrogen-bond acceptors (Lipinski definition) is 5. The highest BCUT2D eigenvalue weighted by molar-refractivity contribution is 6.88. The van der Waals surface area contributed by atoms with Crippen LogP contribution in [0.4, 0.5) is 4.39 Å². The quantitative estimate of drug-likeness (QED) is 0.507. The number of carbonyl (C=O) groups is 2. The molecule has 0 bridgehead atoms. The first-order valence-corrected chi connectivity index (χ1v) is 15.0. The van der Waals surface area contributed by atoms with Crippen LogP contribution in [0.2, 0.25) is 19.6 Å². The van der Waals surface area contributed by atoms with Crippen LogP contribution in [0.25, 0.3) is 0 Å². The van der Waals surface area contributed by atoms with Crippen molar-refractivity contribution in [2.24, 2.45) is 0 Å². The Morgan fingerprint density at radius 3 is 2.51 bits per heavy atom. The van der Waals surface area contributed by atoms with Crippen LogP contribution < -0.4 is 10.7 Å². The predicted octanol–water partition coefficient (Wildman–Crippen LogP) is 3.35. The molecule has 1 N–H and O–H groups in total. The number of halogens is 1. The zero-order valence-corrected chi connectivity index (χ0v) is 21.3. The van der Waals surface area contributed by atoms with Gasteiger partial charge in [0.25, 0.3) is 11.5 Å². The summed E-state index contributed by atoms with van der Waals surface area (Å²) in [5.74, 6) is -1.24. The number of amides is 1. The average molecular weight is 497 g/mol. The molecule has 35 heavy (non-hydrogen) atoms. The van der Waals surface area contributed by atoms with Gasteiger partial charge in [-0.1, -0.05) is 50.0 Å². The third-order valence-corrected chi connectivity index (χ3v) is 8.29. The first kappa shape index (κ1) is 24.8. The molecule has 0 fully saturated rings. The first-order valence-electron chi connectivity index (χ1n) is 11.5. The van der Waals surface area contributed by atoms with Gasteiger partial charge in [-0.15, -0.1) is 0 Å². The van der Waals surface area contributed by atoms with E-state index in [0.29, 0.717) is 29.3 Å². The van der Waals surface area contributed by atoms with E-state index in [0.717, 1.165) is 17.2 Å². The van der Waals surface area contributed by atoms with Crippen LogP contribution in [0, 0.1) is 5.82 Å². The van der Waals surface area contributed by atoms with E-state index < -0.39 is 25.6 Å². The molecule has 2 heterocycles. The van der Waals surface area contributed by atoms with Gasteiger partial charge in [-0.25, -0.2) is 4.39 Å². The molecule has 3 aromatic rings. The first-order chi connectivity index (χ1) is 16.6. The fourth-order valence-corrected chi connectivity index (χ4v) is 5.98. The molecule has 0 radical (unpaired) electrons. The van der Waals surface area contributed by atoms with Gasteiger partial charge in [0.05, 0.1) is 20.7 Å². The molecule has 0 saturated carbocycles. The van der Waals surface area contributed by atoms with E-state index in [1.165, 1.54) is 11.0 Å². The molecule has 1 aromatic heterocycles. The van der Waals surface area contributed by atoms with Crippen molar-refractivity contribution >= 4 is 25.0 Å². The standard InChI is InChI=1S/C26H29FN2O5Si/c1-33-15-17-5-7-19-18(11-17)9-10-29(26(32)22-14-24(31)28-34-22)25(19)21(30)13-16-6-8-23(20(27)12-16)35(2,3)4/h5-8,11-12,14,25H,9-10,13,15H2,1-4H3,(H,28,31)/t25-/m1/s1. The largest absolute Gasteiger partial charge is 0.380 e. The smallest absolute Gasteiger partial charge is 0.293 e. The SMILES string of the molecule is COCc1ccc2c(c1)CCN(C(=O)c1cc(=O)[nH]o1)[C@H]2C(=O)Cc1ccc([Si](C)(C)C)c(F)c1. The lowest BCUT2D eigenvalue weighted by Gasteiger charge is -2.36. The Morgan fingerprint density at radius 1 is 1.14 bits per heavy atom. The minimum atomic E-state index is -1.86. The Morgan fingerprint density at radius 2 is 1.89 bits per heavy atom. The second kappa shape index (κ2) is 9.75. The fourth-order valence-electron chi connectivity index (χ4n) is 4.61. The van der Waals surface area contributed by atoms with Crippen molar-refractivity contribution in [2.75, 3.05) is 13.7 Å². The number of ketones is 1. The predicted molar refractivity (Wildman–Crippen MR) is 132 cm³/mol. The van der Waals surface area contributed by atoms with Gasteiger partial charge in [0.1, 0.15) is 11.9 Å². The third kappa shape index (κ3) is 5.20. The molecule has 1 aliphatic heterocycles. The molecule has 7 nitrogen and oxygen atoms in total. The topological polar surface area (TPSA) is 92.6 Å². The number of H-pyrrole nitrogens is 1. The van der Waals surface area contributed by atoms with Crippen molar-refractivity contribution in [1.82, 2.24) is 10.1 Å². The third-order valence-electron chi connectivity index (χ3n) is 6.27. The van der Waals surface area contributed by atoms with Gasteiger partial charge in [0.15, 0.2) is 5.78 Å². The van der Waals surface area contributed by atoms with Crippen molar-refractivity contribution in [3.63, 3.8) is 0 Å². The molecule has 2 aromatic carbocycles. The highest BCUT2D eigenvalue weighted by Crippen LogP contribution is 2.33. The Kier molecular flexibility index (Phi) is 6.91. The van der Waals surface area contributed by atoms with Crippen LogP contribution in [-0.2, 0) is 29.0 Å². The molecule has 0 aliphatic carbocycles. The summed E-state index contributed by atoms with van der Waals surface area (Å²) in [6, 6.07) is 10.9. The van der Waals surface area contributed by atoms with Gasteiger partial charge in [0.2, 0.25) is 5.76 Å². The number of ether oxygens (including phenoxy) is 1. The summed E-state index contributed by atoms with van der Waals surface area (Å²) in [7, 11) is -0.242. The Balaban J connectivity index is 1.69. The molecular weight excluding hydrogens is 467 g/mol. The van der Waals surface area contributed by atoms with Gasteiger partial charge >= 0.3 is 0 Å². The van der Waals surface area contributed by atoms with Crippen molar-refractivity contribution < 1.29 is 23.2 Å². The maximum absolute atomic E-state index is 14.8. The number of rotatable bonds is 7. The molecule has 1 atom stereocenters. The Labute approximate surface area is 203 Å². The summed E-state index contributed by atoms with van der Waals surface area (Å²) in [6.07, 6.45) is 0.504. The van der Waals surface area contributed by atoms with E-state index in [1.807, 2.05) is 18.2 Å². The van der Waals surface area contributed by atoms with Crippen LogP contribution in [0.3, 0.4) is 0 Å². The number of aromatic nitrogens is 1. The number of nitrogens with zero attached hydrogens (tertiary/aromatic N) is 1. The van der Waals surface area contributed by atoms with Gasteiger partial charge in [-0.3, -0.25) is 14.4 Å². The van der Waals surface area contributed by atoms with Crippen LogP contribution >= 0.6 is 0 Å². The lowest BCUT2D eigenvalue weighted by Crippen LogP contribution is -2.44. The van der Waals surface area contributed by atoms with Gasteiger partial charge in [-0.2, -0.15) is 5.16 Å². The number of methoxy groups -OCH3 is 1. The van der Waals surface area contributed by atoms with E-state index in [1.54, 1.807) is 19.2 Å². The van der Waals surface area contributed by atoms with Crippen molar-refractivity contribution in [3.05, 3.63) is 86.6 Å². The van der Waals surface area contributed by atoms with Crippen molar-refractivity contribution in [2.45, 2.75) is 45.1 Å². The number of aromatic amines is 1. The summed E-state index contributed by atoms with van der Waals surface area (Å²) in [6.45, 7) is 6.91. The van der Waals surface area contributed by atoms with Crippen molar-refractivity contribution in [3.8, 4) is 0 Å². The molecule has 1 aliphatic rings. The maximum atomic E-state index is 14.8. The minimum absolute atomic E-state index is 0.0340. The number of hydrogen-bond donors (Lipinski definition) is 1. The van der Waals surface area contributed by atoms with Crippen molar-refractivity contribution in [1.29, 1.82) is 0 Å². The normalized spacial score (nSPS) is 15.7. The minimum Gasteiger partial charge on any atom is -0.380 e. The molecular formula is C26H29FN2O5Si. The van der Waals surface area contributed by atoms with Crippen LogP contribution in [0.1, 0.15) is 38.9 Å². The highest BCUT2D eigenvalue weighted by Gasteiger charge is 2.37. The number of fused-ring (bicyclic) bond motifs is 1.